The lowest BCUT2D eigenvalue weighted by Crippen LogP contribution is -2.44. The third-order valence-corrected chi connectivity index (χ3v) is 3.79. The van der Waals surface area contributed by atoms with Crippen LogP contribution in [0.4, 0.5) is 4.79 Å². The second kappa shape index (κ2) is 8.59. The Morgan fingerprint density at radius 2 is 1.95 bits per heavy atom. The smallest absolute Gasteiger partial charge is 0.410 e. The Morgan fingerprint density at radius 1 is 1.29 bits per heavy atom. The van der Waals surface area contributed by atoms with Crippen LogP contribution in [-0.2, 0) is 9.47 Å². The molecule has 0 saturated heterocycles. The van der Waals surface area contributed by atoms with Gasteiger partial charge in [-0.2, -0.15) is 0 Å². The number of hydrogen-bond donors (Lipinski definition) is 1. The number of nitrogens with one attached hydrogen (secondary N) is 1. The van der Waals surface area contributed by atoms with Crippen LogP contribution in [0.25, 0.3) is 0 Å². The lowest BCUT2D eigenvalue weighted by Gasteiger charge is -2.31. The van der Waals surface area contributed by atoms with E-state index in [1.165, 1.54) is 19.3 Å². The SMILES string of the molecule is COC1CCCCC1NCCCN(C)C(=O)OC(C)(C)C. The van der Waals surface area contributed by atoms with E-state index in [1.54, 1.807) is 19.1 Å². The van der Waals surface area contributed by atoms with E-state index in [-0.39, 0.29) is 6.09 Å². The Morgan fingerprint density at radius 3 is 2.57 bits per heavy atom. The number of carbonyl (C=O) groups excluding carboxylic acids is 1. The molecule has 1 saturated carbocycles. The molecule has 21 heavy (non-hydrogen) atoms. The maximum atomic E-state index is 11.8. The van der Waals surface area contributed by atoms with Crippen molar-refractivity contribution in [2.75, 3.05) is 27.2 Å². The van der Waals surface area contributed by atoms with Crippen LogP contribution in [0.5, 0.6) is 0 Å². The first kappa shape index (κ1) is 18.2. The predicted octanol–water partition coefficient (Wildman–Crippen LogP) is 2.79. The molecule has 0 aromatic heterocycles. The number of hydrogen-bond acceptors (Lipinski definition) is 4. The lowest BCUT2D eigenvalue weighted by atomic mass is 9.92. The van der Waals surface area contributed by atoms with Crippen molar-refractivity contribution in [2.24, 2.45) is 0 Å². The summed E-state index contributed by atoms with van der Waals surface area (Å²) in [5, 5.41) is 3.56. The maximum Gasteiger partial charge on any atom is 0.410 e. The van der Waals surface area contributed by atoms with Gasteiger partial charge in [0, 0.05) is 26.7 Å². The van der Waals surface area contributed by atoms with E-state index >= 15 is 0 Å². The Kier molecular flexibility index (Phi) is 7.46. The summed E-state index contributed by atoms with van der Waals surface area (Å²) in [4.78, 5) is 13.5. The van der Waals surface area contributed by atoms with Crippen LogP contribution >= 0.6 is 0 Å². The number of carbonyl (C=O) groups is 1. The fraction of sp³-hybridized carbons (Fsp3) is 0.938. The van der Waals surface area contributed by atoms with Gasteiger partial charge in [-0.1, -0.05) is 12.8 Å². The van der Waals surface area contributed by atoms with Gasteiger partial charge in [0.15, 0.2) is 0 Å². The van der Waals surface area contributed by atoms with Gasteiger partial charge in [-0.25, -0.2) is 4.79 Å². The van der Waals surface area contributed by atoms with Crippen LogP contribution in [0, 0.1) is 0 Å². The van der Waals surface area contributed by atoms with Gasteiger partial charge in [-0.05, 0) is 46.6 Å². The molecule has 0 aliphatic heterocycles. The Bertz CT molecular complexity index is 315. The molecule has 1 fully saturated rings. The number of rotatable bonds is 6. The average molecular weight is 300 g/mol. The highest BCUT2D eigenvalue weighted by Crippen LogP contribution is 2.20. The minimum absolute atomic E-state index is 0.255. The molecule has 1 amide bonds. The summed E-state index contributed by atoms with van der Waals surface area (Å²) in [7, 11) is 3.58. The summed E-state index contributed by atoms with van der Waals surface area (Å²) in [5.41, 5.74) is -0.433. The molecule has 124 valence electrons. The highest BCUT2D eigenvalue weighted by molar-refractivity contribution is 5.67. The summed E-state index contributed by atoms with van der Waals surface area (Å²) in [6.07, 6.45) is 5.86. The Hall–Kier alpha value is -0.810. The monoisotopic (exact) mass is 300 g/mol. The molecule has 1 aliphatic carbocycles. The molecule has 5 heteroatoms. The van der Waals surface area contributed by atoms with E-state index in [0.29, 0.717) is 18.7 Å². The maximum absolute atomic E-state index is 11.8. The first-order chi connectivity index (χ1) is 9.83. The normalized spacial score (nSPS) is 22.9. The standard InChI is InChI=1S/C16H32N2O3/c1-16(2,3)21-15(19)18(4)12-8-11-17-13-9-6-7-10-14(13)20-5/h13-14,17H,6-12H2,1-5H3. The zero-order valence-electron chi connectivity index (χ0n) is 14.3. The fourth-order valence-corrected chi connectivity index (χ4v) is 2.65. The van der Waals surface area contributed by atoms with Crippen LogP contribution < -0.4 is 5.32 Å². The molecule has 1 rings (SSSR count). The van der Waals surface area contributed by atoms with E-state index in [1.807, 2.05) is 20.8 Å². The topological polar surface area (TPSA) is 50.8 Å². The van der Waals surface area contributed by atoms with Gasteiger partial charge in [0.25, 0.3) is 0 Å². The number of methoxy groups -OCH3 is 1. The van der Waals surface area contributed by atoms with Crippen molar-refractivity contribution in [3.63, 3.8) is 0 Å². The summed E-state index contributed by atoms with van der Waals surface area (Å²) >= 11 is 0. The second-order valence-electron chi connectivity index (χ2n) is 6.87. The van der Waals surface area contributed by atoms with E-state index in [0.717, 1.165) is 19.4 Å². The fourth-order valence-electron chi connectivity index (χ4n) is 2.65. The summed E-state index contributed by atoms with van der Waals surface area (Å²) in [5.74, 6) is 0. The van der Waals surface area contributed by atoms with Crippen LogP contribution in [-0.4, -0.2) is 56.0 Å². The van der Waals surface area contributed by atoms with E-state index in [2.05, 4.69) is 5.32 Å². The minimum Gasteiger partial charge on any atom is -0.444 e. The summed E-state index contributed by atoms with van der Waals surface area (Å²) < 4.78 is 10.9. The molecule has 5 nitrogen and oxygen atoms in total. The molecule has 0 spiro atoms. The molecule has 0 bridgehead atoms. The van der Waals surface area contributed by atoms with Crippen molar-refractivity contribution in [1.82, 2.24) is 10.2 Å². The molecule has 0 aromatic carbocycles. The number of amides is 1. The van der Waals surface area contributed by atoms with Gasteiger partial charge >= 0.3 is 6.09 Å². The van der Waals surface area contributed by atoms with E-state index < -0.39 is 5.60 Å². The minimum atomic E-state index is -0.433. The Labute approximate surface area is 129 Å². The van der Waals surface area contributed by atoms with Crippen molar-refractivity contribution in [2.45, 2.75) is 70.6 Å². The number of ether oxygens (including phenoxy) is 2. The van der Waals surface area contributed by atoms with Crippen molar-refractivity contribution in [1.29, 1.82) is 0 Å². The van der Waals surface area contributed by atoms with Gasteiger partial charge < -0.3 is 19.7 Å². The molecule has 0 radical (unpaired) electrons. The zero-order chi connectivity index (χ0) is 15.9. The average Bonchev–Trinajstić information content (AvgIpc) is 2.41. The number of nitrogens with zero attached hydrogens (tertiary/aromatic N) is 1. The zero-order valence-corrected chi connectivity index (χ0v) is 14.3. The quantitative estimate of drug-likeness (QED) is 0.766. The highest BCUT2D eigenvalue weighted by Gasteiger charge is 2.24. The summed E-state index contributed by atoms with van der Waals surface area (Å²) in [6.45, 7) is 7.25. The van der Waals surface area contributed by atoms with Gasteiger partial charge in [0.1, 0.15) is 5.60 Å². The first-order valence-corrected chi connectivity index (χ1v) is 8.04. The van der Waals surface area contributed by atoms with Crippen LogP contribution in [0.3, 0.4) is 0 Å². The molecule has 1 N–H and O–H groups in total. The third kappa shape index (κ3) is 7.14. The first-order valence-electron chi connectivity index (χ1n) is 8.04. The highest BCUT2D eigenvalue weighted by atomic mass is 16.6. The predicted molar refractivity (Wildman–Crippen MR) is 84.5 cm³/mol. The van der Waals surface area contributed by atoms with Crippen LogP contribution in [0.1, 0.15) is 52.9 Å². The Balaban J connectivity index is 2.19. The van der Waals surface area contributed by atoms with Crippen molar-refractivity contribution < 1.29 is 14.3 Å². The molecule has 2 unspecified atom stereocenters. The second-order valence-corrected chi connectivity index (χ2v) is 6.87. The van der Waals surface area contributed by atoms with E-state index in [4.69, 9.17) is 9.47 Å². The van der Waals surface area contributed by atoms with Gasteiger partial charge in [-0.15, -0.1) is 0 Å². The van der Waals surface area contributed by atoms with Gasteiger partial charge in [-0.3, -0.25) is 0 Å². The van der Waals surface area contributed by atoms with E-state index in [9.17, 15) is 4.79 Å². The molecular formula is C16H32N2O3. The van der Waals surface area contributed by atoms with Crippen molar-refractivity contribution in [3.05, 3.63) is 0 Å². The van der Waals surface area contributed by atoms with Gasteiger partial charge in [0.2, 0.25) is 0 Å². The molecular weight excluding hydrogens is 268 g/mol. The van der Waals surface area contributed by atoms with Crippen LogP contribution in [0.15, 0.2) is 0 Å². The van der Waals surface area contributed by atoms with Crippen molar-refractivity contribution in [3.8, 4) is 0 Å². The summed E-state index contributed by atoms with van der Waals surface area (Å²) in [6, 6.07) is 0.454. The molecule has 2 atom stereocenters. The lowest BCUT2D eigenvalue weighted by molar-refractivity contribution is 0.0288. The molecule has 0 aromatic rings. The third-order valence-electron chi connectivity index (χ3n) is 3.79. The van der Waals surface area contributed by atoms with Gasteiger partial charge in [0.05, 0.1) is 6.10 Å². The molecule has 0 heterocycles. The van der Waals surface area contributed by atoms with Crippen molar-refractivity contribution >= 4 is 6.09 Å². The van der Waals surface area contributed by atoms with Crippen LogP contribution in [0.2, 0.25) is 0 Å². The largest absolute Gasteiger partial charge is 0.444 e. The molecule has 1 aliphatic rings.